The average molecular weight is 262 g/mol. The lowest BCUT2D eigenvalue weighted by Gasteiger charge is -2.13. The predicted octanol–water partition coefficient (Wildman–Crippen LogP) is 2.62. The molecule has 1 N–H and O–H groups in total. The van der Waals surface area contributed by atoms with E-state index in [0.717, 1.165) is 15.6 Å². The quantitative estimate of drug-likeness (QED) is 0.904. The lowest BCUT2D eigenvalue weighted by Crippen LogP contribution is -2.09. The van der Waals surface area contributed by atoms with Gasteiger partial charge in [-0.2, -0.15) is 0 Å². The van der Waals surface area contributed by atoms with E-state index in [2.05, 4.69) is 21.2 Å². The fraction of sp³-hybridized carbons (Fsp3) is 0.400. The Morgan fingerprint density at radius 3 is 2.71 bits per heavy atom. The second-order valence-corrected chi connectivity index (χ2v) is 3.86. The molecule has 0 unspecified atom stereocenters. The van der Waals surface area contributed by atoms with Gasteiger partial charge in [0.25, 0.3) is 0 Å². The second-order valence-electron chi connectivity index (χ2n) is 3.01. The van der Waals surface area contributed by atoms with Crippen LogP contribution in [0.25, 0.3) is 0 Å². The van der Waals surface area contributed by atoms with E-state index in [9.17, 15) is 4.39 Å². The van der Waals surface area contributed by atoms with E-state index in [0.29, 0.717) is 12.3 Å². The number of methoxy groups -OCH3 is 1. The van der Waals surface area contributed by atoms with Crippen LogP contribution in [-0.2, 0) is 6.54 Å². The highest BCUT2D eigenvalue weighted by Crippen LogP contribution is 2.31. The first kappa shape index (κ1) is 11.5. The van der Waals surface area contributed by atoms with Crippen LogP contribution < -0.4 is 10.1 Å². The van der Waals surface area contributed by atoms with E-state index in [-0.39, 0.29) is 5.82 Å². The van der Waals surface area contributed by atoms with Gasteiger partial charge in [0.15, 0.2) is 11.6 Å². The van der Waals surface area contributed by atoms with Gasteiger partial charge in [-0.3, -0.25) is 0 Å². The van der Waals surface area contributed by atoms with E-state index in [1.54, 1.807) is 0 Å². The molecular formula is C10H13BrFNO. The van der Waals surface area contributed by atoms with Crippen LogP contribution in [-0.4, -0.2) is 14.2 Å². The lowest BCUT2D eigenvalue weighted by molar-refractivity contribution is 0.379. The Morgan fingerprint density at radius 2 is 2.21 bits per heavy atom. The highest BCUT2D eigenvalue weighted by molar-refractivity contribution is 9.10. The molecule has 0 saturated carbocycles. The third kappa shape index (κ3) is 2.07. The molecule has 4 heteroatoms. The molecule has 1 aromatic carbocycles. The maximum Gasteiger partial charge on any atom is 0.166 e. The van der Waals surface area contributed by atoms with Crippen LogP contribution in [0.1, 0.15) is 11.1 Å². The van der Waals surface area contributed by atoms with Crippen molar-refractivity contribution < 1.29 is 9.13 Å². The molecule has 2 nitrogen and oxygen atoms in total. The Kier molecular flexibility index (Phi) is 3.89. The first-order valence-corrected chi connectivity index (χ1v) is 5.07. The monoisotopic (exact) mass is 261 g/mol. The highest BCUT2D eigenvalue weighted by atomic mass is 79.9. The van der Waals surface area contributed by atoms with E-state index < -0.39 is 0 Å². The van der Waals surface area contributed by atoms with E-state index in [1.165, 1.54) is 13.2 Å². The van der Waals surface area contributed by atoms with Gasteiger partial charge < -0.3 is 10.1 Å². The summed E-state index contributed by atoms with van der Waals surface area (Å²) < 4.78 is 19.2. The summed E-state index contributed by atoms with van der Waals surface area (Å²) in [5.74, 6) is -0.0183. The molecular weight excluding hydrogens is 249 g/mol. The summed E-state index contributed by atoms with van der Waals surface area (Å²) in [6.45, 7) is 2.52. The van der Waals surface area contributed by atoms with Gasteiger partial charge in [0.05, 0.1) is 7.11 Å². The summed E-state index contributed by atoms with van der Waals surface area (Å²) >= 11 is 3.31. The number of hydrogen-bond acceptors (Lipinski definition) is 2. The minimum absolute atomic E-state index is 0.319. The van der Waals surface area contributed by atoms with Gasteiger partial charge in [-0.15, -0.1) is 0 Å². The van der Waals surface area contributed by atoms with Crippen LogP contribution in [0.4, 0.5) is 4.39 Å². The van der Waals surface area contributed by atoms with E-state index >= 15 is 0 Å². The molecule has 0 radical (unpaired) electrons. The molecule has 14 heavy (non-hydrogen) atoms. The minimum atomic E-state index is -0.338. The smallest absolute Gasteiger partial charge is 0.166 e. The Hall–Kier alpha value is -0.610. The van der Waals surface area contributed by atoms with Crippen LogP contribution in [0.3, 0.4) is 0 Å². The molecule has 1 rings (SSSR count). The molecule has 0 spiro atoms. The Balaban J connectivity index is 3.32. The lowest BCUT2D eigenvalue weighted by atomic mass is 10.1. The molecule has 78 valence electrons. The normalized spacial score (nSPS) is 10.4. The van der Waals surface area contributed by atoms with Gasteiger partial charge in [-0.05, 0) is 25.6 Å². The van der Waals surface area contributed by atoms with Gasteiger partial charge in [-0.1, -0.05) is 15.9 Å². The van der Waals surface area contributed by atoms with Crippen LogP contribution in [0.2, 0.25) is 0 Å². The van der Waals surface area contributed by atoms with Gasteiger partial charge in [0.2, 0.25) is 0 Å². The zero-order chi connectivity index (χ0) is 10.7. The molecule has 0 aliphatic heterocycles. The summed E-state index contributed by atoms with van der Waals surface area (Å²) in [7, 11) is 3.29. The van der Waals surface area contributed by atoms with Crippen LogP contribution in [0.15, 0.2) is 10.5 Å². The third-order valence-corrected chi connectivity index (χ3v) is 2.94. The Labute approximate surface area is 91.6 Å². The second kappa shape index (κ2) is 4.75. The Bertz CT molecular complexity index is 341. The standard InChI is InChI=1S/C10H13BrFNO/c1-6-7(5-13-2)10(14-3)9(12)4-8(6)11/h4,13H,5H2,1-3H3. The summed E-state index contributed by atoms with van der Waals surface area (Å²) in [6, 6.07) is 1.42. The fourth-order valence-corrected chi connectivity index (χ4v) is 1.79. The first-order chi connectivity index (χ1) is 6.61. The number of hydrogen-bond donors (Lipinski definition) is 1. The minimum Gasteiger partial charge on any atom is -0.493 e. The van der Waals surface area contributed by atoms with Crippen molar-refractivity contribution in [1.29, 1.82) is 0 Å². The first-order valence-electron chi connectivity index (χ1n) is 4.27. The van der Waals surface area contributed by atoms with Crippen molar-refractivity contribution in [2.45, 2.75) is 13.5 Å². The van der Waals surface area contributed by atoms with Gasteiger partial charge in [-0.25, -0.2) is 4.39 Å². The molecule has 0 heterocycles. The number of benzene rings is 1. The SMILES string of the molecule is CNCc1c(C)c(Br)cc(F)c1OC. The molecule has 0 bridgehead atoms. The van der Waals surface area contributed by atoms with Crippen molar-refractivity contribution in [1.82, 2.24) is 5.32 Å². The van der Waals surface area contributed by atoms with Crippen molar-refractivity contribution in [3.63, 3.8) is 0 Å². The van der Waals surface area contributed by atoms with Crippen molar-refractivity contribution in [3.05, 3.63) is 27.5 Å². The molecule has 0 fully saturated rings. The summed E-state index contributed by atoms with van der Waals surface area (Å²) in [6.07, 6.45) is 0. The maximum atomic E-state index is 13.4. The van der Waals surface area contributed by atoms with Gasteiger partial charge >= 0.3 is 0 Å². The number of rotatable bonds is 3. The van der Waals surface area contributed by atoms with Crippen molar-refractivity contribution in [2.24, 2.45) is 0 Å². The number of nitrogens with one attached hydrogen (secondary N) is 1. The highest BCUT2D eigenvalue weighted by Gasteiger charge is 2.14. The molecule has 0 aliphatic carbocycles. The van der Waals surface area contributed by atoms with Crippen molar-refractivity contribution >= 4 is 15.9 Å². The molecule has 0 aromatic heterocycles. The van der Waals surface area contributed by atoms with Crippen LogP contribution >= 0.6 is 15.9 Å². The maximum absolute atomic E-state index is 13.4. The molecule has 0 aliphatic rings. The summed E-state index contributed by atoms with van der Waals surface area (Å²) in [5, 5.41) is 2.99. The van der Waals surface area contributed by atoms with Crippen LogP contribution in [0.5, 0.6) is 5.75 Å². The third-order valence-electron chi connectivity index (χ3n) is 2.11. The molecule has 0 amide bonds. The molecule has 0 saturated heterocycles. The average Bonchev–Trinajstić information content (AvgIpc) is 2.14. The topological polar surface area (TPSA) is 21.3 Å². The Morgan fingerprint density at radius 1 is 1.57 bits per heavy atom. The molecule has 0 atom stereocenters. The van der Waals surface area contributed by atoms with E-state index in [4.69, 9.17) is 4.74 Å². The largest absolute Gasteiger partial charge is 0.493 e. The number of ether oxygens (including phenoxy) is 1. The predicted molar refractivity (Wildman–Crippen MR) is 58.2 cm³/mol. The van der Waals surface area contributed by atoms with Gasteiger partial charge in [0.1, 0.15) is 0 Å². The summed E-state index contributed by atoms with van der Waals surface area (Å²) in [5.41, 5.74) is 1.85. The van der Waals surface area contributed by atoms with Crippen molar-refractivity contribution in [2.75, 3.05) is 14.2 Å². The van der Waals surface area contributed by atoms with E-state index in [1.807, 2.05) is 14.0 Å². The van der Waals surface area contributed by atoms with Crippen LogP contribution in [0, 0.1) is 12.7 Å². The molecule has 1 aromatic rings. The zero-order valence-electron chi connectivity index (χ0n) is 8.45. The summed E-state index contributed by atoms with van der Waals surface area (Å²) in [4.78, 5) is 0. The number of halogens is 2. The fourth-order valence-electron chi connectivity index (χ4n) is 1.35. The van der Waals surface area contributed by atoms with Crippen molar-refractivity contribution in [3.8, 4) is 5.75 Å². The zero-order valence-corrected chi connectivity index (χ0v) is 10.0. The van der Waals surface area contributed by atoms with Gasteiger partial charge in [0, 0.05) is 16.6 Å².